The third-order valence-corrected chi connectivity index (χ3v) is 4.47. The largest absolute Gasteiger partial charge is 0.350 e. The molecule has 1 aliphatic heterocycles. The van der Waals surface area contributed by atoms with Gasteiger partial charge >= 0.3 is 0 Å². The molecular formula is C11H14ClN3S. The molecule has 86 valence electrons. The van der Waals surface area contributed by atoms with Crippen LogP contribution in [0.15, 0.2) is 12.4 Å². The molecule has 3 rings (SSSR count). The average molecular weight is 256 g/mol. The molecular weight excluding hydrogens is 242 g/mol. The summed E-state index contributed by atoms with van der Waals surface area (Å²) in [6.45, 7) is 0. The Bertz CT molecular complexity index is 377. The van der Waals surface area contributed by atoms with Gasteiger partial charge in [-0.15, -0.1) is 0 Å². The number of thioether (sulfide) groups is 1. The molecule has 1 saturated carbocycles. The molecule has 2 heterocycles. The van der Waals surface area contributed by atoms with Gasteiger partial charge in [-0.1, -0.05) is 11.6 Å². The summed E-state index contributed by atoms with van der Waals surface area (Å²) in [5, 5.41) is 0.543. The summed E-state index contributed by atoms with van der Waals surface area (Å²) in [6, 6.07) is 3.22. The van der Waals surface area contributed by atoms with Crippen molar-refractivity contribution < 1.29 is 0 Å². The van der Waals surface area contributed by atoms with Crippen molar-refractivity contribution in [1.82, 2.24) is 9.97 Å². The van der Waals surface area contributed by atoms with Crippen LogP contribution >= 0.6 is 23.4 Å². The molecule has 1 aromatic heterocycles. The van der Waals surface area contributed by atoms with Gasteiger partial charge in [-0.3, -0.25) is 0 Å². The standard InChI is InChI=1S/C11H14ClN3S/c12-10-5-11(14-7-13-10)15(8-1-2-8)9-3-4-16-6-9/h5,7-9H,1-4,6H2/t9-/m1/s1. The minimum Gasteiger partial charge on any atom is -0.350 e. The van der Waals surface area contributed by atoms with Gasteiger partial charge in [0, 0.05) is 23.9 Å². The lowest BCUT2D eigenvalue weighted by Crippen LogP contribution is -2.37. The van der Waals surface area contributed by atoms with Crippen LogP contribution in [0.5, 0.6) is 0 Å². The Morgan fingerprint density at radius 3 is 2.75 bits per heavy atom. The van der Waals surface area contributed by atoms with Crippen molar-refractivity contribution >= 4 is 29.2 Å². The van der Waals surface area contributed by atoms with Gasteiger partial charge in [0.25, 0.3) is 0 Å². The number of aromatic nitrogens is 2. The predicted molar refractivity (Wildman–Crippen MR) is 68.3 cm³/mol. The SMILES string of the molecule is Clc1cc(N(C2CC2)[C@@H]2CCSC2)ncn1. The molecule has 0 N–H and O–H groups in total. The summed E-state index contributed by atoms with van der Waals surface area (Å²) in [4.78, 5) is 10.8. The van der Waals surface area contributed by atoms with E-state index < -0.39 is 0 Å². The highest BCUT2D eigenvalue weighted by molar-refractivity contribution is 7.99. The summed E-state index contributed by atoms with van der Waals surface area (Å²) >= 11 is 7.97. The second-order valence-corrected chi connectivity index (χ2v) is 5.89. The smallest absolute Gasteiger partial charge is 0.134 e. The second kappa shape index (κ2) is 4.41. The van der Waals surface area contributed by atoms with E-state index in [-0.39, 0.29) is 0 Å². The van der Waals surface area contributed by atoms with E-state index in [9.17, 15) is 0 Å². The van der Waals surface area contributed by atoms with Crippen LogP contribution < -0.4 is 4.90 Å². The van der Waals surface area contributed by atoms with Crippen LogP contribution in [-0.4, -0.2) is 33.6 Å². The molecule has 0 unspecified atom stereocenters. The van der Waals surface area contributed by atoms with E-state index >= 15 is 0 Å². The topological polar surface area (TPSA) is 29.0 Å². The third-order valence-electron chi connectivity index (χ3n) is 3.12. The lowest BCUT2D eigenvalue weighted by Gasteiger charge is -2.29. The molecule has 1 atom stereocenters. The van der Waals surface area contributed by atoms with Gasteiger partial charge in [-0.25, -0.2) is 9.97 Å². The van der Waals surface area contributed by atoms with Gasteiger partial charge in [0.1, 0.15) is 17.3 Å². The maximum absolute atomic E-state index is 5.94. The fourth-order valence-electron chi connectivity index (χ4n) is 2.23. The van der Waals surface area contributed by atoms with E-state index in [1.807, 2.05) is 17.8 Å². The molecule has 0 spiro atoms. The molecule has 1 saturated heterocycles. The normalized spacial score (nSPS) is 24.7. The second-order valence-electron chi connectivity index (χ2n) is 4.35. The quantitative estimate of drug-likeness (QED) is 0.777. The van der Waals surface area contributed by atoms with Gasteiger partial charge < -0.3 is 4.90 Å². The van der Waals surface area contributed by atoms with E-state index in [4.69, 9.17) is 11.6 Å². The van der Waals surface area contributed by atoms with E-state index in [2.05, 4.69) is 14.9 Å². The molecule has 0 amide bonds. The first-order valence-corrected chi connectivity index (χ1v) is 7.21. The summed E-state index contributed by atoms with van der Waals surface area (Å²) in [5.74, 6) is 3.50. The molecule has 2 fully saturated rings. The van der Waals surface area contributed by atoms with E-state index in [0.29, 0.717) is 17.2 Å². The summed E-state index contributed by atoms with van der Waals surface area (Å²) in [5.41, 5.74) is 0. The van der Waals surface area contributed by atoms with Crippen molar-refractivity contribution in [2.24, 2.45) is 0 Å². The predicted octanol–water partition coefficient (Wildman–Crippen LogP) is 2.60. The Kier molecular flexibility index (Phi) is 2.94. The first-order valence-electron chi connectivity index (χ1n) is 5.68. The number of anilines is 1. The van der Waals surface area contributed by atoms with Crippen molar-refractivity contribution in [3.63, 3.8) is 0 Å². The van der Waals surface area contributed by atoms with Crippen LogP contribution in [0, 0.1) is 0 Å². The molecule has 3 nitrogen and oxygen atoms in total. The Hall–Kier alpha value is -0.480. The van der Waals surface area contributed by atoms with Crippen molar-refractivity contribution in [3.8, 4) is 0 Å². The number of halogens is 1. The highest BCUT2D eigenvalue weighted by Crippen LogP contribution is 2.36. The molecule has 1 aromatic rings. The Labute approximate surface area is 105 Å². The number of nitrogens with zero attached hydrogens (tertiary/aromatic N) is 3. The van der Waals surface area contributed by atoms with Crippen LogP contribution in [0.3, 0.4) is 0 Å². The molecule has 5 heteroatoms. The number of hydrogen-bond acceptors (Lipinski definition) is 4. The first-order chi connectivity index (χ1) is 7.84. The molecule has 0 radical (unpaired) electrons. The maximum atomic E-state index is 5.94. The summed E-state index contributed by atoms with van der Waals surface area (Å²) in [7, 11) is 0. The maximum Gasteiger partial charge on any atom is 0.134 e. The number of rotatable bonds is 3. The average Bonchev–Trinajstić information content (AvgIpc) is 2.94. The molecule has 2 aliphatic rings. The third kappa shape index (κ3) is 2.13. The van der Waals surface area contributed by atoms with Gasteiger partial charge in [0.15, 0.2) is 0 Å². The monoisotopic (exact) mass is 255 g/mol. The van der Waals surface area contributed by atoms with Crippen LogP contribution in [0.1, 0.15) is 19.3 Å². The van der Waals surface area contributed by atoms with E-state index in [1.165, 1.54) is 30.8 Å². The molecule has 0 aromatic carbocycles. The Balaban J connectivity index is 1.87. The lowest BCUT2D eigenvalue weighted by atomic mass is 10.2. The molecule has 0 bridgehead atoms. The minimum absolute atomic E-state index is 0.543. The molecule has 16 heavy (non-hydrogen) atoms. The van der Waals surface area contributed by atoms with Crippen LogP contribution in [-0.2, 0) is 0 Å². The fraction of sp³-hybridized carbons (Fsp3) is 0.636. The van der Waals surface area contributed by atoms with Gasteiger partial charge in [0.05, 0.1) is 0 Å². The summed E-state index contributed by atoms with van der Waals surface area (Å²) in [6.07, 6.45) is 5.42. The van der Waals surface area contributed by atoms with Crippen LogP contribution in [0.4, 0.5) is 5.82 Å². The summed E-state index contributed by atoms with van der Waals surface area (Å²) < 4.78 is 0. The van der Waals surface area contributed by atoms with E-state index in [1.54, 1.807) is 6.33 Å². The zero-order valence-electron chi connectivity index (χ0n) is 8.97. The lowest BCUT2D eigenvalue weighted by molar-refractivity contribution is 0.631. The highest BCUT2D eigenvalue weighted by Gasteiger charge is 2.36. The van der Waals surface area contributed by atoms with E-state index in [0.717, 1.165) is 5.82 Å². The Morgan fingerprint density at radius 1 is 1.25 bits per heavy atom. The van der Waals surface area contributed by atoms with Gasteiger partial charge in [-0.2, -0.15) is 11.8 Å². The zero-order valence-corrected chi connectivity index (χ0v) is 10.5. The van der Waals surface area contributed by atoms with Gasteiger partial charge in [-0.05, 0) is 25.0 Å². The Morgan fingerprint density at radius 2 is 2.12 bits per heavy atom. The molecule has 1 aliphatic carbocycles. The minimum atomic E-state index is 0.543. The van der Waals surface area contributed by atoms with Crippen molar-refractivity contribution in [2.45, 2.75) is 31.3 Å². The van der Waals surface area contributed by atoms with Crippen LogP contribution in [0.25, 0.3) is 0 Å². The van der Waals surface area contributed by atoms with Crippen molar-refractivity contribution in [1.29, 1.82) is 0 Å². The van der Waals surface area contributed by atoms with Gasteiger partial charge in [0.2, 0.25) is 0 Å². The van der Waals surface area contributed by atoms with Crippen molar-refractivity contribution in [2.75, 3.05) is 16.4 Å². The van der Waals surface area contributed by atoms with Crippen molar-refractivity contribution in [3.05, 3.63) is 17.5 Å². The highest BCUT2D eigenvalue weighted by atomic mass is 35.5. The first kappa shape index (κ1) is 10.7. The van der Waals surface area contributed by atoms with Crippen LogP contribution in [0.2, 0.25) is 5.15 Å². The number of hydrogen-bond donors (Lipinski definition) is 0. The zero-order chi connectivity index (χ0) is 11.0. The fourth-order valence-corrected chi connectivity index (χ4v) is 3.58.